The maximum absolute atomic E-state index is 12.0. The number of benzene rings is 1. The van der Waals surface area contributed by atoms with E-state index in [1.54, 1.807) is 11.0 Å². The fraction of sp³-hybridized carbons (Fsp3) is 0.214. The molecule has 0 saturated heterocycles. The highest BCUT2D eigenvalue weighted by Gasteiger charge is 2.07. The Morgan fingerprint density at radius 2 is 2.30 bits per heavy atom. The maximum Gasteiger partial charge on any atom is 0.251 e. The van der Waals surface area contributed by atoms with Crippen LogP contribution in [0, 0.1) is 0 Å². The lowest BCUT2D eigenvalue weighted by atomic mass is 10.1. The molecule has 0 atom stereocenters. The molecule has 1 amide bonds. The summed E-state index contributed by atoms with van der Waals surface area (Å²) in [5.41, 5.74) is 1.61. The summed E-state index contributed by atoms with van der Waals surface area (Å²) >= 11 is 0. The molecule has 0 aliphatic heterocycles. The van der Waals surface area contributed by atoms with Gasteiger partial charge in [0.1, 0.15) is 6.33 Å². The summed E-state index contributed by atoms with van der Waals surface area (Å²) in [6, 6.07) is 7.58. The molecule has 0 saturated carbocycles. The van der Waals surface area contributed by atoms with E-state index < -0.39 is 0 Å². The molecule has 2 aromatic heterocycles. The van der Waals surface area contributed by atoms with Crippen molar-refractivity contribution in [1.82, 2.24) is 25.1 Å². The van der Waals surface area contributed by atoms with Gasteiger partial charge in [-0.2, -0.15) is 5.10 Å². The van der Waals surface area contributed by atoms with Gasteiger partial charge in [0.2, 0.25) is 0 Å². The van der Waals surface area contributed by atoms with Gasteiger partial charge in [-0.25, -0.2) is 4.98 Å². The maximum atomic E-state index is 12.0. The molecule has 0 radical (unpaired) electrons. The second kappa shape index (κ2) is 5.16. The van der Waals surface area contributed by atoms with Crippen molar-refractivity contribution in [3.63, 3.8) is 0 Å². The zero-order valence-corrected chi connectivity index (χ0v) is 11.1. The monoisotopic (exact) mass is 269 g/mol. The number of rotatable bonds is 4. The second-order valence-electron chi connectivity index (χ2n) is 4.62. The van der Waals surface area contributed by atoms with Gasteiger partial charge in [0.05, 0.1) is 0 Å². The summed E-state index contributed by atoms with van der Waals surface area (Å²) in [6.07, 6.45) is 4.13. The molecule has 6 heteroatoms. The zero-order chi connectivity index (χ0) is 13.9. The number of nitrogens with zero attached hydrogens (tertiary/aromatic N) is 3. The van der Waals surface area contributed by atoms with Crippen LogP contribution in [-0.4, -0.2) is 32.2 Å². The van der Waals surface area contributed by atoms with Crippen LogP contribution in [0.1, 0.15) is 16.2 Å². The normalized spacial score (nSPS) is 10.8. The van der Waals surface area contributed by atoms with Gasteiger partial charge in [0.25, 0.3) is 5.91 Å². The predicted octanol–water partition coefficient (Wildman–Crippen LogP) is 1.27. The predicted molar refractivity (Wildman–Crippen MR) is 75.3 cm³/mol. The van der Waals surface area contributed by atoms with Crippen LogP contribution in [0.5, 0.6) is 0 Å². The van der Waals surface area contributed by atoms with Gasteiger partial charge < -0.3 is 10.3 Å². The summed E-state index contributed by atoms with van der Waals surface area (Å²) in [6.45, 7) is 0.519. The molecule has 0 bridgehead atoms. The first-order valence-electron chi connectivity index (χ1n) is 6.42. The molecular weight excluding hydrogens is 254 g/mol. The van der Waals surface area contributed by atoms with E-state index in [2.05, 4.69) is 20.4 Å². The third-order valence-electron chi connectivity index (χ3n) is 3.10. The Kier molecular flexibility index (Phi) is 3.20. The minimum atomic E-state index is -0.0857. The van der Waals surface area contributed by atoms with Crippen LogP contribution < -0.4 is 5.32 Å². The number of fused-ring (bicyclic) bond motifs is 1. The van der Waals surface area contributed by atoms with Crippen LogP contribution in [0.2, 0.25) is 0 Å². The van der Waals surface area contributed by atoms with Gasteiger partial charge in [-0.3, -0.25) is 9.48 Å². The van der Waals surface area contributed by atoms with Crippen molar-refractivity contribution in [2.45, 2.75) is 6.42 Å². The fourth-order valence-electron chi connectivity index (χ4n) is 2.08. The summed E-state index contributed by atoms with van der Waals surface area (Å²) in [7, 11) is 1.82. The third-order valence-corrected chi connectivity index (χ3v) is 3.10. The van der Waals surface area contributed by atoms with Crippen molar-refractivity contribution in [3.8, 4) is 0 Å². The number of aryl methyl sites for hydroxylation is 1. The molecular formula is C14H15N5O. The summed E-state index contributed by atoms with van der Waals surface area (Å²) < 4.78 is 1.65. The number of hydrogen-bond acceptors (Lipinski definition) is 3. The molecule has 102 valence electrons. The molecule has 2 heterocycles. The minimum Gasteiger partial charge on any atom is -0.361 e. The van der Waals surface area contributed by atoms with Gasteiger partial charge in [-0.15, -0.1) is 0 Å². The van der Waals surface area contributed by atoms with Gasteiger partial charge in [0, 0.05) is 37.3 Å². The van der Waals surface area contributed by atoms with Crippen LogP contribution >= 0.6 is 0 Å². The molecule has 0 fully saturated rings. The van der Waals surface area contributed by atoms with Crippen LogP contribution in [-0.2, 0) is 13.5 Å². The number of nitrogens with one attached hydrogen (secondary N) is 2. The van der Waals surface area contributed by atoms with Crippen LogP contribution in [0.4, 0.5) is 0 Å². The Labute approximate surface area is 115 Å². The van der Waals surface area contributed by atoms with E-state index >= 15 is 0 Å². The third kappa shape index (κ3) is 2.54. The fourth-order valence-corrected chi connectivity index (χ4v) is 2.08. The molecule has 2 N–H and O–H groups in total. The van der Waals surface area contributed by atoms with Gasteiger partial charge >= 0.3 is 0 Å². The molecule has 0 unspecified atom stereocenters. The highest BCUT2D eigenvalue weighted by molar-refractivity contribution is 5.97. The van der Waals surface area contributed by atoms with Gasteiger partial charge in [-0.1, -0.05) is 6.07 Å². The van der Waals surface area contributed by atoms with Gasteiger partial charge in [0.15, 0.2) is 5.82 Å². The Hall–Kier alpha value is -2.63. The highest BCUT2D eigenvalue weighted by atomic mass is 16.1. The minimum absolute atomic E-state index is 0.0857. The number of amides is 1. The quantitative estimate of drug-likeness (QED) is 0.749. The number of carbonyl (C=O) groups excluding carboxylic acids is 1. The average Bonchev–Trinajstić information content (AvgIpc) is 3.06. The van der Waals surface area contributed by atoms with Crippen molar-refractivity contribution in [1.29, 1.82) is 0 Å². The van der Waals surface area contributed by atoms with E-state index in [0.29, 0.717) is 18.5 Å². The van der Waals surface area contributed by atoms with E-state index in [9.17, 15) is 4.79 Å². The molecule has 6 nitrogen and oxygen atoms in total. The first-order valence-corrected chi connectivity index (χ1v) is 6.42. The number of hydrogen-bond donors (Lipinski definition) is 2. The van der Waals surface area contributed by atoms with E-state index in [1.165, 1.54) is 0 Å². The van der Waals surface area contributed by atoms with E-state index in [1.807, 2.05) is 37.5 Å². The SMILES string of the molecule is Cn1cnc(CCNC(=O)c2ccc3cc[nH]c3c2)n1. The van der Waals surface area contributed by atoms with Crippen molar-refractivity contribution in [3.05, 3.63) is 48.2 Å². The lowest BCUT2D eigenvalue weighted by Gasteiger charge is -2.04. The van der Waals surface area contributed by atoms with Crippen molar-refractivity contribution < 1.29 is 4.79 Å². The topological polar surface area (TPSA) is 75.6 Å². The Morgan fingerprint density at radius 3 is 3.10 bits per heavy atom. The number of carbonyl (C=O) groups is 1. The summed E-state index contributed by atoms with van der Waals surface area (Å²) in [4.78, 5) is 19.2. The van der Waals surface area contributed by atoms with E-state index in [-0.39, 0.29) is 5.91 Å². The summed E-state index contributed by atoms with van der Waals surface area (Å²) in [5, 5.41) is 8.13. The van der Waals surface area contributed by atoms with E-state index in [4.69, 9.17) is 0 Å². The molecule has 0 spiro atoms. The Morgan fingerprint density at radius 1 is 1.40 bits per heavy atom. The molecule has 3 rings (SSSR count). The molecule has 1 aromatic carbocycles. The van der Waals surface area contributed by atoms with Crippen LogP contribution in [0.25, 0.3) is 10.9 Å². The van der Waals surface area contributed by atoms with Gasteiger partial charge in [-0.05, 0) is 23.6 Å². The first kappa shape index (κ1) is 12.4. The van der Waals surface area contributed by atoms with Crippen molar-refractivity contribution >= 4 is 16.8 Å². The lowest BCUT2D eigenvalue weighted by molar-refractivity contribution is 0.0954. The highest BCUT2D eigenvalue weighted by Crippen LogP contribution is 2.13. The van der Waals surface area contributed by atoms with Crippen LogP contribution in [0.3, 0.4) is 0 Å². The molecule has 0 aliphatic rings. The lowest BCUT2D eigenvalue weighted by Crippen LogP contribution is -2.25. The van der Waals surface area contributed by atoms with Crippen molar-refractivity contribution in [2.75, 3.05) is 6.54 Å². The van der Waals surface area contributed by atoms with Crippen LogP contribution in [0.15, 0.2) is 36.8 Å². The first-order chi connectivity index (χ1) is 9.72. The smallest absolute Gasteiger partial charge is 0.251 e. The molecule has 20 heavy (non-hydrogen) atoms. The molecule has 3 aromatic rings. The number of aromatic amines is 1. The average molecular weight is 269 g/mol. The number of aromatic nitrogens is 4. The Bertz CT molecular complexity index is 743. The largest absolute Gasteiger partial charge is 0.361 e. The zero-order valence-electron chi connectivity index (χ0n) is 11.1. The standard InChI is InChI=1S/C14H15N5O/c1-19-9-17-13(18-19)5-7-16-14(20)11-3-2-10-4-6-15-12(10)8-11/h2-4,6,8-9,15H,5,7H2,1H3,(H,16,20). The van der Waals surface area contributed by atoms with Crippen molar-refractivity contribution in [2.24, 2.45) is 7.05 Å². The molecule has 0 aliphatic carbocycles. The summed E-state index contributed by atoms with van der Waals surface area (Å²) in [5.74, 6) is 0.644. The van der Waals surface area contributed by atoms with E-state index in [0.717, 1.165) is 16.7 Å². The number of H-pyrrole nitrogens is 1. The second-order valence-corrected chi connectivity index (χ2v) is 4.62. The Balaban J connectivity index is 1.61.